The van der Waals surface area contributed by atoms with Gasteiger partial charge in [0.2, 0.25) is 0 Å². The average molecular weight is 150 g/mol. The predicted molar refractivity (Wildman–Crippen MR) is 48.4 cm³/mol. The molecular weight excluding hydrogens is 132 g/mol. The minimum atomic E-state index is 1.02. The number of allylic oxidation sites excluding steroid dienone is 2. The van der Waals surface area contributed by atoms with Gasteiger partial charge in [-0.25, -0.2) is 0 Å². The smallest absolute Gasteiger partial charge is 0.0199 e. The molecule has 0 aromatic carbocycles. The highest BCUT2D eigenvalue weighted by atomic mass is 14.4. The third kappa shape index (κ3) is 1.36. The third-order valence-electron chi connectivity index (χ3n) is 3.30. The Morgan fingerprint density at radius 3 is 2.82 bits per heavy atom. The first-order valence-electron chi connectivity index (χ1n) is 5.09. The van der Waals surface area contributed by atoms with Crippen molar-refractivity contribution in [2.45, 2.75) is 45.4 Å². The standard InChI is InChI=1S/C11H18/c1-2-3-4-9-7-10-5-6-11(10)8-9/h7,10-11H,2-6,8H2,1H3/t10-,11-/m0/s1. The molecule has 0 heterocycles. The molecule has 0 saturated heterocycles. The van der Waals surface area contributed by atoms with E-state index in [-0.39, 0.29) is 0 Å². The minimum Gasteiger partial charge on any atom is -0.0819 e. The fourth-order valence-electron chi connectivity index (χ4n) is 2.36. The van der Waals surface area contributed by atoms with E-state index in [9.17, 15) is 0 Å². The molecule has 0 amide bonds. The van der Waals surface area contributed by atoms with Gasteiger partial charge in [0, 0.05) is 0 Å². The predicted octanol–water partition coefficient (Wildman–Crippen LogP) is 3.53. The lowest BCUT2D eigenvalue weighted by Gasteiger charge is -2.29. The van der Waals surface area contributed by atoms with Gasteiger partial charge in [0.25, 0.3) is 0 Å². The molecule has 0 bridgehead atoms. The van der Waals surface area contributed by atoms with Crippen molar-refractivity contribution in [1.29, 1.82) is 0 Å². The van der Waals surface area contributed by atoms with Gasteiger partial charge < -0.3 is 0 Å². The second kappa shape index (κ2) is 3.00. The lowest BCUT2D eigenvalue weighted by atomic mass is 9.76. The van der Waals surface area contributed by atoms with Gasteiger partial charge in [-0.3, -0.25) is 0 Å². The molecule has 0 spiro atoms. The first kappa shape index (κ1) is 7.39. The van der Waals surface area contributed by atoms with Gasteiger partial charge in [-0.05, 0) is 43.9 Å². The zero-order valence-electron chi connectivity index (χ0n) is 7.47. The molecule has 2 rings (SSSR count). The van der Waals surface area contributed by atoms with E-state index >= 15 is 0 Å². The first-order chi connectivity index (χ1) is 5.40. The molecular formula is C11H18. The van der Waals surface area contributed by atoms with Crippen LogP contribution < -0.4 is 0 Å². The molecule has 62 valence electrons. The molecule has 0 unspecified atom stereocenters. The zero-order valence-corrected chi connectivity index (χ0v) is 7.47. The number of unbranched alkanes of at least 4 members (excludes halogenated alkanes) is 1. The van der Waals surface area contributed by atoms with Crippen molar-refractivity contribution in [3.63, 3.8) is 0 Å². The topological polar surface area (TPSA) is 0 Å². The van der Waals surface area contributed by atoms with E-state index in [2.05, 4.69) is 13.0 Å². The van der Waals surface area contributed by atoms with Crippen LogP contribution >= 0.6 is 0 Å². The van der Waals surface area contributed by atoms with Crippen molar-refractivity contribution < 1.29 is 0 Å². The van der Waals surface area contributed by atoms with E-state index in [1.807, 2.05) is 0 Å². The fourth-order valence-corrected chi connectivity index (χ4v) is 2.36. The van der Waals surface area contributed by atoms with Crippen LogP contribution in [-0.2, 0) is 0 Å². The lowest BCUT2D eigenvalue weighted by Crippen LogP contribution is -2.19. The summed E-state index contributed by atoms with van der Waals surface area (Å²) in [6, 6.07) is 0. The second-order valence-corrected chi connectivity index (χ2v) is 4.13. The van der Waals surface area contributed by atoms with Gasteiger partial charge in [0.15, 0.2) is 0 Å². The van der Waals surface area contributed by atoms with Crippen molar-refractivity contribution in [2.75, 3.05) is 0 Å². The quantitative estimate of drug-likeness (QED) is 0.540. The molecule has 2 atom stereocenters. The molecule has 1 fully saturated rings. The first-order valence-corrected chi connectivity index (χ1v) is 5.09. The third-order valence-corrected chi connectivity index (χ3v) is 3.30. The normalized spacial score (nSPS) is 34.5. The Balaban J connectivity index is 1.81. The summed E-state index contributed by atoms with van der Waals surface area (Å²) in [6.07, 6.45) is 11.2. The monoisotopic (exact) mass is 150 g/mol. The Kier molecular flexibility index (Phi) is 2.02. The van der Waals surface area contributed by atoms with Crippen molar-refractivity contribution in [3.05, 3.63) is 11.6 Å². The van der Waals surface area contributed by atoms with Crippen molar-refractivity contribution in [3.8, 4) is 0 Å². The number of fused-ring (bicyclic) bond motifs is 1. The molecule has 0 aliphatic heterocycles. The van der Waals surface area contributed by atoms with Crippen LogP contribution in [0.5, 0.6) is 0 Å². The Morgan fingerprint density at radius 1 is 1.45 bits per heavy atom. The van der Waals surface area contributed by atoms with E-state index in [0.717, 1.165) is 11.8 Å². The van der Waals surface area contributed by atoms with Crippen LogP contribution in [0.2, 0.25) is 0 Å². The maximum Gasteiger partial charge on any atom is -0.0199 e. The van der Waals surface area contributed by atoms with Crippen LogP contribution in [0.4, 0.5) is 0 Å². The molecule has 2 aliphatic rings. The van der Waals surface area contributed by atoms with Crippen LogP contribution in [-0.4, -0.2) is 0 Å². The Morgan fingerprint density at radius 2 is 2.36 bits per heavy atom. The summed E-state index contributed by atoms with van der Waals surface area (Å²) in [5.41, 5.74) is 1.78. The van der Waals surface area contributed by atoms with Crippen molar-refractivity contribution in [2.24, 2.45) is 11.8 Å². The van der Waals surface area contributed by atoms with E-state index in [0.29, 0.717) is 0 Å². The molecule has 0 aromatic rings. The summed E-state index contributed by atoms with van der Waals surface area (Å²) < 4.78 is 0. The molecule has 0 N–H and O–H groups in total. The summed E-state index contributed by atoms with van der Waals surface area (Å²) in [5, 5.41) is 0. The summed E-state index contributed by atoms with van der Waals surface area (Å²) in [7, 11) is 0. The molecule has 11 heavy (non-hydrogen) atoms. The van der Waals surface area contributed by atoms with Gasteiger partial charge in [-0.15, -0.1) is 0 Å². The van der Waals surface area contributed by atoms with Gasteiger partial charge >= 0.3 is 0 Å². The van der Waals surface area contributed by atoms with Crippen molar-refractivity contribution in [1.82, 2.24) is 0 Å². The number of rotatable bonds is 3. The second-order valence-electron chi connectivity index (χ2n) is 4.13. The summed E-state index contributed by atoms with van der Waals surface area (Å²) >= 11 is 0. The molecule has 0 heteroatoms. The van der Waals surface area contributed by atoms with E-state index in [4.69, 9.17) is 0 Å². The van der Waals surface area contributed by atoms with E-state index in [1.54, 1.807) is 5.57 Å². The Labute approximate surface area is 69.7 Å². The minimum absolute atomic E-state index is 1.02. The highest BCUT2D eigenvalue weighted by molar-refractivity contribution is 5.17. The molecule has 0 aromatic heterocycles. The van der Waals surface area contributed by atoms with Crippen LogP contribution in [0.25, 0.3) is 0 Å². The number of hydrogen-bond donors (Lipinski definition) is 0. The van der Waals surface area contributed by atoms with Crippen LogP contribution in [0, 0.1) is 11.8 Å². The van der Waals surface area contributed by atoms with Gasteiger partial charge in [0.1, 0.15) is 0 Å². The van der Waals surface area contributed by atoms with Gasteiger partial charge in [-0.1, -0.05) is 25.0 Å². The van der Waals surface area contributed by atoms with Gasteiger partial charge in [0.05, 0.1) is 0 Å². The molecule has 1 saturated carbocycles. The summed E-state index contributed by atoms with van der Waals surface area (Å²) in [6.45, 7) is 2.28. The van der Waals surface area contributed by atoms with E-state index < -0.39 is 0 Å². The molecule has 0 radical (unpaired) electrons. The lowest BCUT2D eigenvalue weighted by molar-refractivity contribution is 0.247. The zero-order chi connectivity index (χ0) is 7.68. The maximum atomic E-state index is 2.57. The Bertz CT molecular complexity index is 167. The average Bonchev–Trinajstić information content (AvgIpc) is 2.25. The van der Waals surface area contributed by atoms with Crippen LogP contribution in [0.3, 0.4) is 0 Å². The molecule has 2 aliphatic carbocycles. The maximum absolute atomic E-state index is 2.57. The SMILES string of the molecule is CCCCC1=C[C@@H]2CC[C@H]2C1. The summed E-state index contributed by atoms with van der Waals surface area (Å²) in [5.74, 6) is 2.10. The Hall–Kier alpha value is -0.260. The van der Waals surface area contributed by atoms with Crippen LogP contribution in [0.15, 0.2) is 11.6 Å². The highest BCUT2D eigenvalue weighted by Gasteiger charge is 2.33. The molecule has 0 nitrogen and oxygen atoms in total. The fraction of sp³-hybridized carbons (Fsp3) is 0.818. The summed E-state index contributed by atoms with van der Waals surface area (Å²) in [4.78, 5) is 0. The van der Waals surface area contributed by atoms with E-state index in [1.165, 1.54) is 38.5 Å². The highest BCUT2D eigenvalue weighted by Crippen LogP contribution is 2.46. The van der Waals surface area contributed by atoms with Crippen molar-refractivity contribution >= 4 is 0 Å². The van der Waals surface area contributed by atoms with Crippen LogP contribution in [0.1, 0.15) is 45.4 Å². The number of hydrogen-bond acceptors (Lipinski definition) is 0. The van der Waals surface area contributed by atoms with Gasteiger partial charge in [-0.2, -0.15) is 0 Å². The largest absolute Gasteiger partial charge is 0.0819 e.